The van der Waals surface area contributed by atoms with Crippen LogP contribution in [0.25, 0.3) is 0 Å². The molecule has 3 unspecified atom stereocenters. The molecule has 0 saturated carbocycles. The molecule has 1 aliphatic carbocycles. The molecular formula is C14H27NO. The van der Waals surface area contributed by atoms with Crippen LogP contribution in [0.2, 0.25) is 0 Å². The maximum Gasteiger partial charge on any atom is 0.0547 e. The molecule has 1 aliphatic rings. The highest BCUT2D eigenvalue weighted by molar-refractivity contribution is 4.93. The fourth-order valence-corrected chi connectivity index (χ4v) is 2.18. The summed E-state index contributed by atoms with van der Waals surface area (Å²) in [5.74, 6) is 1.52. The summed E-state index contributed by atoms with van der Waals surface area (Å²) < 4.78 is 5.94. The molecule has 0 aliphatic heterocycles. The topological polar surface area (TPSA) is 21.3 Å². The zero-order valence-corrected chi connectivity index (χ0v) is 11.0. The molecule has 0 heterocycles. The van der Waals surface area contributed by atoms with E-state index in [2.05, 4.69) is 31.3 Å². The van der Waals surface area contributed by atoms with E-state index in [1.165, 1.54) is 19.3 Å². The Hall–Kier alpha value is -0.340. The van der Waals surface area contributed by atoms with Crippen LogP contribution in [0.15, 0.2) is 12.2 Å². The Morgan fingerprint density at radius 3 is 2.81 bits per heavy atom. The molecule has 0 saturated heterocycles. The molecule has 0 aromatic heterocycles. The van der Waals surface area contributed by atoms with Crippen LogP contribution in [0.4, 0.5) is 0 Å². The van der Waals surface area contributed by atoms with Crippen LogP contribution >= 0.6 is 0 Å². The zero-order valence-electron chi connectivity index (χ0n) is 11.0. The van der Waals surface area contributed by atoms with E-state index in [0.717, 1.165) is 31.4 Å². The van der Waals surface area contributed by atoms with Gasteiger partial charge in [-0.3, -0.25) is 0 Å². The quantitative estimate of drug-likeness (QED) is 0.531. The molecule has 0 bridgehead atoms. The van der Waals surface area contributed by atoms with Gasteiger partial charge in [0.15, 0.2) is 0 Å². The fraction of sp³-hybridized carbons (Fsp3) is 0.857. The molecule has 0 radical (unpaired) electrons. The van der Waals surface area contributed by atoms with Gasteiger partial charge in [-0.05, 0) is 58.0 Å². The Kier molecular flexibility index (Phi) is 6.74. The van der Waals surface area contributed by atoms with Crippen molar-refractivity contribution in [1.82, 2.24) is 5.32 Å². The van der Waals surface area contributed by atoms with Crippen molar-refractivity contribution in [3.05, 3.63) is 12.2 Å². The molecule has 0 fully saturated rings. The zero-order chi connectivity index (χ0) is 11.8. The summed E-state index contributed by atoms with van der Waals surface area (Å²) in [5.41, 5.74) is 0. The first kappa shape index (κ1) is 13.7. The average molecular weight is 225 g/mol. The third-order valence-corrected chi connectivity index (χ3v) is 3.55. The van der Waals surface area contributed by atoms with Crippen molar-refractivity contribution < 1.29 is 4.74 Å². The van der Waals surface area contributed by atoms with Crippen molar-refractivity contribution in [3.63, 3.8) is 0 Å². The van der Waals surface area contributed by atoms with Gasteiger partial charge in [-0.2, -0.15) is 0 Å². The predicted octanol–water partition coefficient (Wildman–Crippen LogP) is 2.99. The third-order valence-electron chi connectivity index (χ3n) is 3.55. The van der Waals surface area contributed by atoms with Crippen molar-refractivity contribution in [2.24, 2.45) is 11.8 Å². The number of hydrogen-bond donors (Lipinski definition) is 1. The minimum atomic E-state index is 0.409. The van der Waals surface area contributed by atoms with Gasteiger partial charge in [0.1, 0.15) is 0 Å². The number of hydrogen-bond acceptors (Lipinski definition) is 2. The molecule has 1 N–H and O–H groups in total. The van der Waals surface area contributed by atoms with Gasteiger partial charge in [0.05, 0.1) is 12.7 Å². The predicted molar refractivity (Wildman–Crippen MR) is 69.6 cm³/mol. The van der Waals surface area contributed by atoms with E-state index in [4.69, 9.17) is 4.74 Å². The van der Waals surface area contributed by atoms with E-state index < -0.39 is 0 Å². The Morgan fingerprint density at radius 2 is 2.12 bits per heavy atom. The van der Waals surface area contributed by atoms with Crippen molar-refractivity contribution in [2.75, 3.05) is 20.2 Å². The lowest BCUT2D eigenvalue weighted by molar-refractivity contribution is 0.0215. The molecule has 3 atom stereocenters. The Morgan fingerprint density at radius 1 is 1.38 bits per heavy atom. The lowest BCUT2D eigenvalue weighted by Crippen LogP contribution is -2.23. The molecule has 0 spiro atoms. The van der Waals surface area contributed by atoms with Gasteiger partial charge in [0, 0.05) is 0 Å². The summed E-state index contributed by atoms with van der Waals surface area (Å²) in [6.07, 6.45) is 9.81. The van der Waals surface area contributed by atoms with Crippen molar-refractivity contribution in [2.45, 2.75) is 45.6 Å². The molecule has 94 valence electrons. The lowest BCUT2D eigenvalue weighted by atomic mass is 9.85. The molecule has 2 heteroatoms. The summed E-state index contributed by atoms with van der Waals surface area (Å²) >= 11 is 0. The first-order valence-corrected chi connectivity index (χ1v) is 6.65. The van der Waals surface area contributed by atoms with Gasteiger partial charge < -0.3 is 10.1 Å². The lowest BCUT2D eigenvalue weighted by Gasteiger charge is -2.26. The van der Waals surface area contributed by atoms with E-state index >= 15 is 0 Å². The monoisotopic (exact) mass is 225 g/mol. The maximum absolute atomic E-state index is 5.94. The van der Waals surface area contributed by atoms with Gasteiger partial charge in [-0.15, -0.1) is 0 Å². The Bertz CT molecular complexity index is 203. The van der Waals surface area contributed by atoms with E-state index in [-0.39, 0.29) is 0 Å². The van der Waals surface area contributed by atoms with Crippen molar-refractivity contribution in [3.8, 4) is 0 Å². The summed E-state index contributed by atoms with van der Waals surface area (Å²) in [7, 11) is 2.00. The van der Waals surface area contributed by atoms with Crippen LogP contribution in [-0.2, 0) is 4.74 Å². The molecule has 16 heavy (non-hydrogen) atoms. The summed E-state index contributed by atoms with van der Waals surface area (Å²) in [5, 5.41) is 3.17. The summed E-state index contributed by atoms with van der Waals surface area (Å²) in [4.78, 5) is 0. The first-order valence-electron chi connectivity index (χ1n) is 6.65. The second kappa shape index (κ2) is 7.86. The Labute approximate surface area is 100 Å². The van der Waals surface area contributed by atoms with Crippen LogP contribution in [-0.4, -0.2) is 26.3 Å². The largest absolute Gasteiger partial charge is 0.378 e. The van der Waals surface area contributed by atoms with E-state index in [0.29, 0.717) is 6.10 Å². The Balaban J connectivity index is 2.10. The first-order chi connectivity index (χ1) is 7.74. The van der Waals surface area contributed by atoms with E-state index in [1.807, 2.05) is 7.05 Å². The van der Waals surface area contributed by atoms with Crippen LogP contribution in [0, 0.1) is 11.8 Å². The van der Waals surface area contributed by atoms with Gasteiger partial charge in [-0.25, -0.2) is 0 Å². The van der Waals surface area contributed by atoms with Crippen LogP contribution < -0.4 is 5.32 Å². The standard InChI is InChI=1S/C14H27NO/c1-12-7-4-5-9-14(12)11-16-13(2)8-6-10-15-3/h4-5,12-15H,6-11H2,1-3H3. The second-order valence-corrected chi connectivity index (χ2v) is 5.07. The minimum Gasteiger partial charge on any atom is -0.378 e. The number of rotatable bonds is 7. The molecule has 0 amide bonds. The smallest absolute Gasteiger partial charge is 0.0547 e. The second-order valence-electron chi connectivity index (χ2n) is 5.07. The SMILES string of the molecule is CNCCCC(C)OCC1CC=CCC1C. The van der Waals surface area contributed by atoms with E-state index in [9.17, 15) is 0 Å². The molecule has 0 aromatic carbocycles. The van der Waals surface area contributed by atoms with Gasteiger partial charge in [0.25, 0.3) is 0 Å². The number of nitrogens with one attached hydrogen (secondary N) is 1. The molecule has 0 aromatic rings. The van der Waals surface area contributed by atoms with Gasteiger partial charge in [0.2, 0.25) is 0 Å². The molecular weight excluding hydrogens is 198 g/mol. The van der Waals surface area contributed by atoms with Gasteiger partial charge >= 0.3 is 0 Å². The normalized spacial score (nSPS) is 26.9. The van der Waals surface area contributed by atoms with Crippen LogP contribution in [0.5, 0.6) is 0 Å². The number of ether oxygens (including phenoxy) is 1. The molecule has 2 nitrogen and oxygen atoms in total. The summed E-state index contributed by atoms with van der Waals surface area (Å²) in [6, 6.07) is 0. The highest BCUT2D eigenvalue weighted by Gasteiger charge is 2.19. The highest BCUT2D eigenvalue weighted by atomic mass is 16.5. The highest BCUT2D eigenvalue weighted by Crippen LogP contribution is 2.25. The number of allylic oxidation sites excluding steroid dienone is 2. The van der Waals surface area contributed by atoms with Gasteiger partial charge in [-0.1, -0.05) is 19.1 Å². The van der Waals surface area contributed by atoms with Crippen LogP contribution in [0.1, 0.15) is 39.5 Å². The molecule has 1 rings (SSSR count). The van der Waals surface area contributed by atoms with Crippen molar-refractivity contribution >= 4 is 0 Å². The minimum absolute atomic E-state index is 0.409. The van der Waals surface area contributed by atoms with Crippen LogP contribution in [0.3, 0.4) is 0 Å². The average Bonchev–Trinajstić information content (AvgIpc) is 2.28. The van der Waals surface area contributed by atoms with E-state index in [1.54, 1.807) is 0 Å². The van der Waals surface area contributed by atoms with Crippen molar-refractivity contribution in [1.29, 1.82) is 0 Å². The maximum atomic E-state index is 5.94. The fourth-order valence-electron chi connectivity index (χ4n) is 2.18. The summed E-state index contributed by atoms with van der Waals surface area (Å²) in [6.45, 7) is 6.56. The third kappa shape index (κ3) is 5.13.